The smallest absolute Gasteiger partial charge is 0.475 e. The predicted molar refractivity (Wildman–Crippen MR) is 101 cm³/mol. The van der Waals surface area contributed by atoms with Crippen molar-refractivity contribution in [3.63, 3.8) is 0 Å². The molecule has 0 bridgehead atoms. The lowest BCUT2D eigenvalue weighted by atomic mass is 9.73. The number of carbonyl (C=O) groups excluding carboxylic acids is 2. The Morgan fingerprint density at radius 2 is 2.22 bits per heavy atom. The third-order valence-corrected chi connectivity index (χ3v) is 5.39. The van der Waals surface area contributed by atoms with Crippen molar-refractivity contribution in [2.24, 2.45) is 0 Å². The highest BCUT2D eigenvalue weighted by molar-refractivity contribution is 6.43. The Morgan fingerprint density at radius 3 is 2.96 bits per heavy atom. The van der Waals surface area contributed by atoms with E-state index in [0.29, 0.717) is 32.5 Å². The summed E-state index contributed by atoms with van der Waals surface area (Å²) in [5.74, 6) is -0.133. The Kier molecular flexibility index (Phi) is 6.39. The Hall–Kier alpha value is -2.06. The van der Waals surface area contributed by atoms with E-state index in [9.17, 15) is 19.6 Å². The van der Waals surface area contributed by atoms with Gasteiger partial charge in [0.05, 0.1) is 12.5 Å². The van der Waals surface area contributed by atoms with Crippen LogP contribution in [-0.2, 0) is 9.59 Å². The second-order valence-electron chi connectivity index (χ2n) is 7.41. The van der Waals surface area contributed by atoms with E-state index >= 15 is 0 Å². The molecule has 1 saturated heterocycles. The van der Waals surface area contributed by atoms with Crippen LogP contribution in [0.15, 0.2) is 18.2 Å². The Morgan fingerprint density at radius 1 is 1.41 bits per heavy atom. The molecule has 0 radical (unpaired) electrons. The molecule has 3 N–H and O–H groups in total. The number of carbonyl (C=O) groups is 2. The van der Waals surface area contributed by atoms with Crippen molar-refractivity contribution >= 4 is 18.9 Å². The van der Waals surface area contributed by atoms with Gasteiger partial charge in [0.1, 0.15) is 5.75 Å². The first-order valence-corrected chi connectivity index (χ1v) is 9.61. The third kappa shape index (κ3) is 4.81. The number of nitrogens with one attached hydrogen (secondary N) is 1. The lowest BCUT2D eigenvalue weighted by molar-refractivity contribution is -0.133. The molecule has 0 saturated carbocycles. The molecule has 1 fully saturated rings. The van der Waals surface area contributed by atoms with E-state index in [-0.39, 0.29) is 24.2 Å². The van der Waals surface area contributed by atoms with Crippen molar-refractivity contribution in [1.29, 1.82) is 0 Å². The summed E-state index contributed by atoms with van der Waals surface area (Å²) >= 11 is 0. The van der Waals surface area contributed by atoms with Crippen molar-refractivity contribution in [2.45, 2.75) is 50.9 Å². The van der Waals surface area contributed by atoms with Crippen LogP contribution in [0.4, 0.5) is 0 Å². The van der Waals surface area contributed by atoms with Crippen molar-refractivity contribution in [2.75, 3.05) is 19.7 Å². The second kappa shape index (κ2) is 8.76. The molecule has 3 rings (SSSR count). The zero-order valence-corrected chi connectivity index (χ0v) is 15.7. The maximum Gasteiger partial charge on any atom is 0.475 e. The Balaban J connectivity index is 1.54. The normalized spacial score (nSPS) is 20.0. The van der Waals surface area contributed by atoms with Gasteiger partial charge in [-0.25, -0.2) is 0 Å². The van der Waals surface area contributed by atoms with E-state index in [1.54, 1.807) is 4.90 Å². The number of amides is 2. The first kappa shape index (κ1) is 19.7. The lowest BCUT2D eigenvalue weighted by Crippen LogP contribution is -2.48. The van der Waals surface area contributed by atoms with E-state index in [1.807, 2.05) is 25.1 Å². The molecule has 2 heterocycles. The summed E-state index contributed by atoms with van der Waals surface area (Å²) in [6.07, 6.45) is 2.95. The maximum absolute atomic E-state index is 12.3. The minimum Gasteiger partial charge on any atom is -0.492 e. The molecular formula is C19H27BN2O5. The molecule has 0 aromatic heterocycles. The number of aryl methyl sites for hydroxylation is 1. The molecule has 1 aromatic rings. The molecule has 2 amide bonds. The van der Waals surface area contributed by atoms with E-state index in [0.717, 1.165) is 29.7 Å². The van der Waals surface area contributed by atoms with Crippen molar-refractivity contribution < 1.29 is 24.4 Å². The van der Waals surface area contributed by atoms with Crippen LogP contribution in [0.5, 0.6) is 5.75 Å². The van der Waals surface area contributed by atoms with Crippen LogP contribution in [0.25, 0.3) is 0 Å². The summed E-state index contributed by atoms with van der Waals surface area (Å²) in [5.41, 5.74) is 2.08. The summed E-state index contributed by atoms with van der Waals surface area (Å²) in [5, 5.41) is 22.1. The van der Waals surface area contributed by atoms with E-state index in [4.69, 9.17) is 4.74 Å². The number of hydrogen-bond acceptors (Lipinski definition) is 5. The van der Waals surface area contributed by atoms with Gasteiger partial charge in [-0.3, -0.25) is 9.59 Å². The van der Waals surface area contributed by atoms with Gasteiger partial charge in [0.2, 0.25) is 11.8 Å². The SMILES string of the molecule is Cc1cccc2c1OC[C@H]2C[C@H](NC(=O)CCN1CCCCC1=O)B(O)O. The van der Waals surface area contributed by atoms with Gasteiger partial charge < -0.3 is 25.0 Å². The minimum absolute atomic E-state index is 0.00401. The predicted octanol–water partition coefficient (Wildman–Crippen LogP) is 0.761. The highest BCUT2D eigenvalue weighted by Gasteiger charge is 2.33. The van der Waals surface area contributed by atoms with Crippen molar-refractivity contribution in [3.05, 3.63) is 29.3 Å². The summed E-state index contributed by atoms with van der Waals surface area (Å²) in [6.45, 7) is 3.49. The van der Waals surface area contributed by atoms with Gasteiger partial charge in [-0.1, -0.05) is 18.2 Å². The molecule has 2 aliphatic rings. The van der Waals surface area contributed by atoms with E-state index < -0.39 is 13.1 Å². The van der Waals surface area contributed by atoms with E-state index in [2.05, 4.69) is 5.32 Å². The lowest BCUT2D eigenvalue weighted by Gasteiger charge is -2.27. The monoisotopic (exact) mass is 374 g/mol. The summed E-state index contributed by atoms with van der Waals surface area (Å²) in [7, 11) is -1.65. The molecule has 1 aromatic carbocycles. The van der Waals surface area contributed by atoms with Crippen molar-refractivity contribution in [3.8, 4) is 5.75 Å². The van der Waals surface area contributed by atoms with Gasteiger partial charge in [-0.15, -0.1) is 0 Å². The van der Waals surface area contributed by atoms with Gasteiger partial charge in [0.25, 0.3) is 0 Å². The van der Waals surface area contributed by atoms with Crippen LogP contribution in [-0.4, -0.2) is 59.5 Å². The standard InChI is InChI=1S/C19H27BN2O5/c1-13-5-4-6-15-14(12-27-19(13)15)11-16(20(25)26)21-17(23)8-10-22-9-3-2-7-18(22)24/h4-6,14,16,25-26H,2-3,7-12H2,1H3,(H,21,23)/t14-,16+/m1/s1. The largest absolute Gasteiger partial charge is 0.492 e. The minimum atomic E-state index is -1.65. The topological polar surface area (TPSA) is 99.1 Å². The average molecular weight is 374 g/mol. The Bertz CT molecular complexity index is 697. The number of ether oxygens (including phenoxy) is 1. The van der Waals surface area contributed by atoms with Crippen molar-refractivity contribution in [1.82, 2.24) is 10.2 Å². The number of benzene rings is 1. The number of fused-ring (bicyclic) bond motifs is 1. The molecule has 27 heavy (non-hydrogen) atoms. The number of piperidine rings is 1. The molecule has 146 valence electrons. The average Bonchev–Trinajstić information content (AvgIpc) is 3.05. The molecule has 0 spiro atoms. The number of rotatable bonds is 7. The molecule has 7 nitrogen and oxygen atoms in total. The number of nitrogens with zero attached hydrogens (tertiary/aromatic N) is 1. The highest BCUT2D eigenvalue weighted by Crippen LogP contribution is 2.38. The van der Waals surface area contributed by atoms with Gasteiger partial charge in [0.15, 0.2) is 0 Å². The van der Waals surface area contributed by atoms with Gasteiger partial charge in [-0.05, 0) is 31.7 Å². The van der Waals surface area contributed by atoms with Crippen LogP contribution in [0.1, 0.15) is 49.1 Å². The quantitative estimate of drug-likeness (QED) is 0.612. The molecule has 2 aliphatic heterocycles. The number of hydrogen-bond donors (Lipinski definition) is 3. The van der Waals surface area contributed by atoms with Crippen LogP contribution in [0, 0.1) is 6.92 Å². The summed E-state index contributed by atoms with van der Waals surface area (Å²) < 4.78 is 5.75. The summed E-state index contributed by atoms with van der Waals surface area (Å²) in [4.78, 5) is 25.8. The second-order valence-corrected chi connectivity index (χ2v) is 7.41. The first-order chi connectivity index (χ1) is 13.0. The molecule has 0 aliphatic carbocycles. The highest BCUT2D eigenvalue weighted by atomic mass is 16.5. The van der Waals surface area contributed by atoms with Gasteiger partial charge in [0, 0.05) is 37.4 Å². The number of para-hydroxylation sites is 1. The number of likely N-dealkylation sites (tertiary alicyclic amines) is 1. The van der Waals surface area contributed by atoms with Crippen LogP contribution >= 0.6 is 0 Å². The third-order valence-electron chi connectivity index (χ3n) is 5.39. The Labute approximate surface area is 159 Å². The maximum atomic E-state index is 12.3. The summed E-state index contributed by atoms with van der Waals surface area (Å²) in [6, 6.07) is 5.91. The zero-order valence-electron chi connectivity index (χ0n) is 15.7. The van der Waals surface area contributed by atoms with E-state index in [1.165, 1.54) is 0 Å². The fraction of sp³-hybridized carbons (Fsp3) is 0.579. The first-order valence-electron chi connectivity index (χ1n) is 9.61. The van der Waals surface area contributed by atoms with Gasteiger partial charge >= 0.3 is 7.12 Å². The molecule has 0 unspecified atom stereocenters. The fourth-order valence-corrected chi connectivity index (χ4v) is 3.84. The molecule has 2 atom stereocenters. The fourth-order valence-electron chi connectivity index (χ4n) is 3.84. The molecular weight excluding hydrogens is 347 g/mol. The zero-order chi connectivity index (χ0) is 19.4. The van der Waals surface area contributed by atoms with Crippen LogP contribution < -0.4 is 10.1 Å². The van der Waals surface area contributed by atoms with Crippen LogP contribution in [0.2, 0.25) is 0 Å². The van der Waals surface area contributed by atoms with Crippen LogP contribution in [0.3, 0.4) is 0 Å². The van der Waals surface area contributed by atoms with Gasteiger partial charge in [-0.2, -0.15) is 0 Å². The molecule has 8 heteroatoms.